The lowest BCUT2D eigenvalue weighted by Gasteiger charge is -2.16. The van der Waals surface area contributed by atoms with Crippen LogP contribution in [-0.4, -0.2) is 19.1 Å². The van der Waals surface area contributed by atoms with Gasteiger partial charge in [-0.2, -0.15) is 22.7 Å². The minimum absolute atomic E-state index is 0.953. The average molecular weight is 615 g/mol. The van der Waals surface area contributed by atoms with E-state index < -0.39 is 0 Å². The fourth-order valence-corrected chi connectivity index (χ4v) is 7.82. The van der Waals surface area contributed by atoms with Crippen molar-refractivity contribution < 1.29 is 0 Å². The number of thiophene rings is 2. The second-order valence-electron chi connectivity index (χ2n) is 11.3. The summed E-state index contributed by atoms with van der Waals surface area (Å²) in [6, 6.07) is 39.2. The maximum atomic E-state index is 5.05. The number of rotatable bonds is 5. The maximum Gasteiger partial charge on any atom is 0.140 e. The predicted molar refractivity (Wildman–Crippen MR) is 190 cm³/mol. The Labute approximate surface area is 268 Å². The molecule has 0 aliphatic carbocycles. The molecule has 0 N–H and O–H groups in total. The molecular formula is C39H26N4S2. The van der Waals surface area contributed by atoms with Crippen LogP contribution in [0.25, 0.3) is 83.4 Å². The van der Waals surface area contributed by atoms with E-state index in [0.717, 1.165) is 44.9 Å². The van der Waals surface area contributed by atoms with E-state index in [4.69, 9.17) is 9.97 Å². The van der Waals surface area contributed by atoms with Gasteiger partial charge in [0.1, 0.15) is 5.82 Å². The van der Waals surface area contributed by atoms with Crippen LogP contribution in [0, 0.1) is 0 Å². The fourth-order valence-electron chi connectivity index (χ4n) is 6.50. The average Bonchev–Trinajstić information content (AvgIpc) is 3.91. The number of aryl methyl sites for hydroxylation is 1. The summed E-state index contributed by atoms with van der Waals surface area (Å²) in [5, 5.41) is 11.2. The SMILES string of the molecule is Cn1c(-c2ccc3c4cc(-c5ccsc5)ccc4n(-c4cc(-c5ccccn5)ccc4-c4ccsc4)c3c2)nc2ccccc21. The third kappa shape index (κ3) is 4.25. The highest BCUT2D eigenvalue weighted by Crippen LogP contribution is 2.41. The van der Waals surface area contributed by atoms with E-state index in [1.807, 2.05) is 24.4 Å². The van der Waals surface area contributed by atoms with Crippen LogP contribution < -0.4 is 0 Å². The Kier molecular flexibility index (Phi) is 6.04. The molecular weight excluding hydrogens is 589 g/mol. The van der Waals surface area contributed by atoms with Crippen molar-refractivity contribution in [2.24, 2.45) is 7.05 Å². The first kappa shape index (κ1) is 26.1. The van der Waals surface area contributed by atoms with Crippen LogP contribution in [0.1, 0.15) is 0 Å². The molecule has 9 rings (SSSR count). The van der Waals surface area contributed by atoms with E-state index in [2.05, 4.69) is 129 Å². The molecule has 4 nitrogen and oxygen atoms in total. The van der Waals surface area contributed by atoms with Crippen molar-refractivity contribution in [3.63, 3.8) is 0 Å². The van der Waals surface area contributed by atoms with Crippen LogP contribution >= 0.6 is 22.7 Å². The van der Waals surface area contributed by atoms with Gasteiger partial charge in [-0.25, -0.2) is 4.98 Å². The summed E-state index contributed by atoms with van der Waals surface area (Å²) in [7, 11) is 2.10. The topological polar surface area (TPSA) is 35.6 Å². The van der Waals surface area contributed by atoms with E-state index in [1.165, 1.54) is 38.5 Å². The number of nitrogens with zero attached hydrogens (tertiary/aromatic N) is 4. The quantitative estimate of drug-likeness (QED) is 0.193. The molecule has 0 aliphatic rings. The van der Waals surface area contributed by atoms with Crippen molar-refractivity contribution in [2.45, 2.75) is 0 Å². The standard InChI is InChI=1S/C39H26N4S2/c1-42-36-8-3-2-7-34(36)41-39(42)27-10-13-31-32-20-25(28-15-18-44-23-28)11-14-35(32)43(38(31)22-27)37-21-26(33-6-4-5-17-40-33)9-12-30(37)29-16-19-45-24-29/h2-24H,1H3. The number of hydrogen-bond donors (Lipinski definition) is 0. The van der Waals surface area contributed by atoms with Crippen LogP contribution in [0.15, 0.2) is 137 Å². The van der Waals surface area contributed by atoms with Crippen LogP contribution in [0.5, 0.6) is 0 Å². The third-order valence-corrected chi connectivity index (χ3v) is 10.1. The molecule has 0 atom stereocenters. The van der Waals surface area contributed by atoms with E-state index in [0.29, 0.717) is 0 Å². The van der Waals surface area contributed by atoms with Crippen molar-refractivity contribution in [2.75, 3.05) is 0 Å². The summed E-state index contributed by atoms with van der Waals surface area (Å²) in [4.78, 5) is 9.75. The second kappa shape index (κ2) is 10.4. The van der Waals surface area contributed by atoms with Crippen molar-refractivity contribution in [3.05, 3.63) is 137 Å². The van der Waals surface area contributed by atoms with E-state index in [1.54, 1.807) is 22.7 Å². The molecule has 214 valence electrons. The minimum Gasteiger partial charge on any atom is -0.327 e. The normalized spacial score (nSPS) is 11.7. The molecule has 0 fully saturated rings. The maximum absolute atomic E-state index is 5.05. The summed E-state index contributed by atoms with van der Waals surface area (Å²) in [5.41, 5.74) is 13.5. The van der Waals surface area contributed by atoms with Crippen LogP contribution in [0.4, 0.5) is 0 Å². The highest BCUT2D eigenvalue weighted by Gasteiger charge is 2.20. The van der Waals surface area contributed by atoms with Gasteiger partial charge in [0.05, 0.1) is 33.4 Å². The van der Waals surface area contributed by atoms with Crippen molar-refractivity contribution in [1.29, 1.82) is 0 Å². The monoisotopic (exact) mass is 614 g/mol. The number of benzene rings is 4. The van der Waals surface area contributed by atoms with Crippen LogP contribution in [0.3, 0.4) is 0 Å². The summed E-state index contributed by atoms with van der Waals surface area (Å²) in [6.07, 6.45) is 1.86. The predicted octanol–water partition coefficient (Wildman–Crippen LogP) is 10.9. The molecule has 9 aromatic rings. The number of hydrogen-bond acceptors (Lipinski definition) is 4. The highest BCUT2D eigenvalue weighted by molar-refractivity contribution is 7.08. The largest absolute Gasteiger partial charge is 0.327 e. The first-order valence-corrected chi connectivity index (χ1v) is 16.7. The molecule has 0 saturated heterocycles. The summed E-state index contributed by atoms with van der Waals surface area (Å²) >= 11 is 3.45. The Morgan fingerprint density at radius 3 is 2.18 bits per heavy atom. The number of aromatic nitrogens is 4. The molecule has 0 amide bonds. The molecule has 0 aliphatic heterocycles. The summed E-state index contributed by atoms with van der Waals surface area (Å²) < 4.78 is 4.63. The van der Waals surface area contributed by atoms with Gasteiger partial charge in [-0.1, -0.05) is 48.5 Å². The van der Waals surface area contributed by atoms with Crippen LogP contribution in [0.2, 0.25) is 0 Å². The van der Waals surface area contributed by atoms with Gasteiger partial charge in [-0.05, 0) is 98.9 Å². The summed E-state index contributed by atoms with van der Waals surface area (Å²) in [6.45, 7) is 0. The lowest BCUT2D eigenvalue weighted by molar-refractivity contribution is 0.959. The van der Waals surface area contributed by atoms with Gasteiger partial charge < -0.3 is 9.13 Å². The van der Waals surface area contributed by atoms with E-state index in [-0.39, 0.29) is 0 Å². The molecule has 6 heteroatoms. The van der Waals surface area contributed by atoms with Gasteiger partial charge >= 0.3 is 0 Å². The van der Waals surface area contributed by atoms with Gasteiger partial charge in [0.25, 0.3) is 0 Å². The smallest absolute Gasteiger partial charge is 0.140 e. The first-order valence-electron chi connectivity index (χ1n) is 14.8. The Morgan fingerprint density at radius 1 is 0.578 bits per heavy atom. The van der Waals surface area contributed by atoms with Gasteiger partial charge in [0.2, 0.25) is 0 Å². The molecule has 0 radical (unpaired) electrons. The molecule has 0 unspecified atom stereocenters. The lowest BCUT2D eigenvalue weighted by atomic mass is 10.0. The van der Waals surface area contributed by atoms with Crippen LogP contribution in [-0.2, 0) is 7.05 Å². The Bertz CT molecular complexity index is 2480. The van der Waals surface area contributed by atoms with Gasteiger partial charge in [0.15, 0.2) is 0 Å². The number of imidazole rings is 1. The number of para-hydroxylation sites is 2. The van der Waals surface area contributed by atoms with Crippen molar-refractivity contribution in [1.82, 2.24) is 19.1 Å². The molecule has 5 aromatic heterocycles. The minimum atomic E-state index is 0.953. The molecule has 0 bridgehead atoms. The molecule has 0 saturated carbocycles. The lowest BCUT2D eigenvalue weighted by Crippen LogP contribution is -1.99. The Balaban J connectivity index is 1.37. The second-order valence-corrected chi connectivity index (χ2v) is 12.8. The molecule has 0 spiro atoms. The molecule has 45 heavy (non-hydrogen) atoms. The van der Waals surface area contributed by atoms with Crippen molar-refractivity contribution >= 4 is 55.5 Å². The van der Waals surface area contributed by atoms with E-state index in [9.17, 15) is 0 Å². The number of fused-ring (bicyclic) bond motifs is 4. The highest BCUT2D eigenvalue weighted by atomic mass is 32.1. The molecule has 5 heterocycles. The third-order valence-electron chi connectivity index (χ3n) is 8.70. The van der Waals surface area contributed by atoms with Gasteiger partial charge in [-0.15, -0.1) is 0 Å². The zero-order valence-electron chi connectivity index (χ0n) is 24.4. The van der Waals surface area contributed by atoms with Crippen molar-refractivity contribution in [3.8, 4) is 50.6 Å². The zero-order chi connectivity index (χ0) is 29.9. The Morgan fingerprint density at radius 2 is 1.38 bits per heavy atom. The zero-order valence-corrected chi connectivity index (χ0v) is 26.0. The fraction of sp³-hybridized carbons (Fsp3) is 0.0256. The first-order chi connectivity index (χ1) is 22.2. The van der Waals surface area contributed by atoms with Gasteiger partial charge in [0, 0.05) is 40.7 Å². The number of pyridine rings is 1. The summed E-state index contributed by atoms with van der Waals surface area (Å²) in [5.74, 6) is 0.953. The van der Waals surface area contributed by atoms with Gasteiger partial charge in [-0.3, -0.25) is 4.98 Å². The molecule has 4 aromatic carbocycles. The Hall–Kier alpha value is -5.30. The van der Waals surface area contributed by atoms with E-state index >= 15 is 0 Å².